The van der Waals surface area contributed by atoms with Gasteiger partial charge in [0, 0.05) is 25.0 Å². The molecular formula is C23H28N4O. The maximum absolute atomic E-state index is 12.7. The number of nitrogens with one attached hydrogen (secondary N) is 2. The number of fused-ring (bicyclic) bond motifs is 1. The van der Waals surface area contributed by atoms with Crippen molar-refractivity contribution in [1.82, 2.24) is 15.3 Å². The van der Waals surface area contributed by atoms with Gasteiger partial charge in [-0.05, 0) is 50.3 Å². The monoisotopic (exact) mass is 376 g/mol. The summed E-state index contributed by atoms with van der Waals surface area (Å²) in [5.41, 5.74) is 3.37. The topological polar surface area (TPSA) is 61.0 Å². The number of anilines is 1. The van der Waals surface area contributed by atoms with Crippen molar-refractivity contribution in [2.45, 2.75) is 38.6 Å². The number of hydrogen-bond donors (Lipinski definition) is 2. The van der Waals surface area contributed by atoms with Crippen molar-refractivity contribution in [3.8, 4) is 0 Å². The van der Waals surface area contributed by atoms with Crippen LogP contribution in [0.1, 0.15) is 31.7 Å². The second-order valence-electron chi connectivity index (χ2n) is 7.77. The van der Waals surface area contributed by atoms with Gasteiger partial charge in [0.25, 0.3) is 0 Å². The zero-order valence-corrected chi connectivity index (χ0v) is 16.4. The fourth-order valence-electron chi connectivity index (χ4n) is 3.90. The zero-order chi connectivity index (χ0) is 19.3. The van der Waals surface area contributed by atoms with Gasteiger partial charge in [-0.15, -0.1) is 0 Å². The molecule has 146 valence electrons. The average Bonchev–Trinajstić information content (AvgIpc) is 3.17. The number of carbonyl (C=O) groups is 1. The van der Waals surface area contributed by atoms with Crippen molar-refractivity contribution in [3.63, 3.8) is 0 Å². The van der Waals surface area contributed by atoms with Crippen LogP contribution >= 0.6 is 0 Å². The molecule has 2 aromatic carbocycles. The Kier molecular flexibility index (Phi) is 5.60. The number of hydrogen-bond acceptors (Lipinski definition) is 3. The Labute approximate surface area is 166 Å². The van der Waals surface area contributed by atoms with E-state index in [-0.39, 0.29) is 17.9 Å². The van der Waals surface area contributed by atoms with Gasteiger partial charge in [-0.3, -0.25) is 4.79 Å². The molecule has 1 unspecified atom stereocenters. The second kappa shape index (κ2) is 8.46. The number of aromatic nitrogens is 2. The summed E-state index contributed by atoms with van der Waals surface area (Å²) in [6.07, 6.45) is 3.70. The molecular weight excluding hydrogens is 348 g/mol. The maximum atomic E-state index is 12.7. The lowest BCUT2D eigenvalue weighted by Crippen LogP contribution is -2.43. The van der Waals surface area contributed by atoms with Crippen LogP contribution < -0.4 is 10.2 Å². The number of rotatable bonds is 6. The highest BCUT2D eigenvalue weighted by Crippen LogP contribution is 2.23. The Morgan fingerprint density at radius 1 is 1.14 bits per heavy atom. The summed E-state index contributed by atoms with van der Waals surface area (Å²) in [4.78, 5) is 23.0. The largest absolute Gasteiger partial charge is 0.353 e. The van der Waals surface area contributed by atoms with Crippen LogP contribution in [-0.2, 0) is 11.2 Å². The molecule has 0 bridgehead atoms. The van der Waals surface area contributed by atoms with Crippen LogP contribution in [0.3, 0.4) is 0 Å². The van der Waals surface area contributed by atoms with Gasteiger partial charge < -0.3 is 15.2 Å². The molecule has 1 amide bonds. The predicted molar refractivity (Wildman–Crippen MR) is 113 cm³/mol. The van der Waals surface area contributed by atoms with Crippen LogP contribution in [0.2, 0.25) is 0 Å². The van der Waals surface area contributed by atoms with Gasteiger partial charge in [0.2, 0.25) is 11.9 Å². The van der Waals surface area contributed by atoms with Crippen LogP contribution in [0.15, 0.2) is 54.6 Å². The summed E-state index contributed by atoms with van der Waals surface area (Å²) < 4.78 is 0. The van der Waals surface area contributed by atoms with E-state index >= 15 is 0 Å². The van der Waals surface area contributed by atoms with Gasteiger partial charge in [0.05, 0.1) is 11.0 Å². The van der Waals surface area contributed by atoms with E-state index in [9.17, 15) is 4.79 Å². The van der Waals surface area contributed by atoms with Crippen LogP contribution in [0, 0.1) is 5.92 Å². The molecule has 1 fully saturated rings. The summed E-state index contributed by atoms with van der Waals surface area (Å²) >= 11 is 0. The first-order valence-corrected chi connectivity index (χ1v) is 10.2. The number of amides is 1. The number of aryl methyl sites for hydroxylation is 1. The van der Waals surface area contributed by atoms with Gasteiger partial charge in [-0.25, -0.2) is 4.98 Å². The van der Waals surface area contributed by atoms with Crippen molar-refractivity contribution in [1.29, 1.82) is 0 Å². The predicted octanol–water partition coefficient (Wildman–Crippen LogP) is 3.92. The molecule has 0 radical (unpaired) electrons. The quantitative estimate of drug-likeness (QED) is 0.685. The number of para-hydroxylation sites is 2. The first-order valence-electron chi connectivity index (χ1n) is 10.2. The first kappa shape index (κ1) is 18.5. The van der Waals surface area contributed by atoms with Crippen LogP contribution in [0.25, 0.3) is 11.0 Å². The van der Waals surface area contributed by atoms with E-state index in [1.54, 1.807) is 0 Å². The van der Waals surface area contributed by atoms with E-state index in [2.05, 4.69) is 51.4 Å². The highest BCUT2D eigenvalue weighted by Gasteiger charge is 2.27. The molecule has 3 aromatic rings. The van der Waals surface area contributed by atoms with Crippen molar-refractivity contribution >= 4 is 22.9 Å². The molecule has 1 saturated heterocycles. The molecule has 0 saturated carbocycles. The van der Waals surface area contributed by atoms with Crippen LogP contribution in [0.5, 0.6) is 0 Å². The third-order valence-electron chi connectivity index (χ3n) is 5.64. The number of piperidine rings is 1. The summed E-state index contributed by atoms with van der Waals surface area (Å²) in [6.45, 7) is 3.82. The second-order valence-corrected chi connectivity index (χ2v) is 7.77. The Bertz CT molecular complexity index is 880. The third kappa shape index (κ3) is 4.35. The first-order chi connectivity index (χ1) is 13.7. The molecule has 0 spiro atoms. The Balaban J connectivity index is 1.25. The molecule has 0 aliphatic carbocycles. The molecule has 1 aliphatic heterocycles. The number of aromatic amines is 1. The molecule has 1 aliphatic rings. The van der Waals surface area contributed by atoms with E-state index in [0.29, 0.717) is 0 Å². The number of H-pyrrole nitrogens is 1. The number of nitrogens with zero attached hydrogens (tertiary/aromatic N) is 2. The summed E-state index contributed by atoms with van der Waals surface area (Å²) in [7, 11) is 0. The lowest BCUT2D eigenvalue weighted by atomic mass is 9.95. The normalized spacial score (nSPS) is 16.2. The Hall–Kier alpha value is -2.82. The fraction of sp³-hybridized carbons (Fsp3) is 0.391. The Morgan fingerprint density at radius 2 is 1.86 bits per heavy atom. The maximum Gasteiger partial charge on any atom is 0.223 e. The van der Waals surface area contributed by atoms with Gasteiger partial charge in [0.15, 0.2) is 0 Å². The molecule has 28 heavy (non-hydrogen) atoms. The van der Waals surface area contributed by atoms with Crippen molar-refractivity contribution < 1.29 is 4.79 Å². The molecule has 5 heteroatoms. The van der Waals surface area contributed by atoms with E-state index < -0.39 is 0 Å². The highest BCUT2D eigenvalue weighted by atomic mass is 16.1. The minimum Gasteiger partial charge on any atom is -0.353 e. The average molecular weight is 377 g/mol. The van der Waals surface area contributed by atoms with Gasteiger partial charge in [0.1, 0.15) is 0 Å². The molecule has 2 heterocycles. The van der Waals surface area contributed by atoms with Crippen molar-refractivity contribution in [2.75, 3.05) is 18.0 Å². The molecule has 2 N–H and O–H groups in total. The number of benzene rings is 2. The standard InChI is InChI=1S/C23H28N4O/c1-17(11-12-18-7-3-2-4-8-18)24-22(28)19-13-15-27(16-14-19)23-25-20-9-5-6-10-21(20)26-23/h2-10,17,19H,11-16H2,1H3,(H,24,28)(H,25,26). The van der Waals surface area contributed by atoms with Gasteiger partial charge >= 0.3 is 0 Å². The lowest BCUT2D eigenvalue weighted by Gasteiger charge is -2.31. The van der Waals surface area contributed by atoms with E-state index in [0.717, 1.165) is 55.8 Å². The highest BCUT2D eigenvalue weighted by molar-refractivity contribution is 5.80. The Morgan fingerprint density at radius 3 is 2.61 bits per heavy atom. The van der Waals surface area contributed by atoms with Crippen molar-refractivity contribution in [3.05, 3.63) is 60.2 Å². The fourth-order valence-corrected chi connectivity index (χ4v) is 3.90. The van der Waals surface area contributed by atoms with Gasteiger partial charge in [-0.1, -0.05) is 42.5 Å². The summed E-state index contributed by atoms with van der Waals surface area (Å²) in [6, 6.07) is 18.7. The zero-order valence-electron chi connectivity index (χ0n) is 16.4. The summed E-state index contributed by atoms with van der Waals surface area (Å²) in [5, 5.41) is 3.22. The number of imidazole rings is 1. The molecule has 5 nitrogen and oxygen atoms in total. The van der Waals surface area contributed by atoms with Gasteiger partial charge in [-0.2, -0.15) is 0 Å². The van der Waals surface area contributed by atoms with E-state index in [1.807, 2.05) is 30.3 Å². The SMILES string of the molecule is CC(CCc1ccccc1)NC(=O)C1CCN(c2nc3ccccc3[nH]2)CC1. The third-order valence-corrected chi connectivity index (χ3v) is 5.64. The van der Waals surface area contributed by atoms with Crippen molar-refractivity contribution in [2.24, 2.45) is 5.92 Å². The van der Waals surface area contributed by atoms with E-state index in [4.69, 9.17) is 0 Å². The van der Waals surface area contributed by atoms with Crippen LogP contribution in [-0.4, -0.2) is 35.0 Å². The molecule has 1 atom stereocenters. The summed E-state index contributed by atoms with van der Waals surface area (Å²) in [5.74, 6) is 1.21. The smallest absolute Gasteiger partial charge is 0.223 e. The van der Waals surface area contributed by atoms with Crippen LogP contribution in [0.4, 0.5) is 5.95 Å². The molecule has 1 aromatic heterocycles. The number of carbonyl (C=O) groups excluding carboxylic acids is 1. The lowest BCUT2D eigenvalue weighted by molar-refractivity contribution is -0.126. The minimum absolute atomic E-state index is 0.0970. The molecule has 4 rings (SSSR count). The van der Waals surface area contributed by atoms with E-state index in [1.165, 1.54) is 5.56 Å². The minimum atomic E-state index is 0.0970.